The number of para-hydroxylation sites is 1. The summed E-state index contributed by atoms with van der Waals surface area (Å²) in [4.78, 5) is 0. The summed E-state index contributed by atoms with van der Waals surface area (Å²) in [6.07, 6.45) is -3.64. The normalized spacial score (nSPS) is 11.5. The first-order valence-corrected chi connectivity index (χ1v) is 7.59. The number of alkyl halides is 4. The summed E-state index contributed by atoms with van der Waals surface area (Å²) in [5.41, 5.74) is 0.472. The second-order valence-electron chi connectivity index (χ2n) is 4.51. The van der Waals surface area contributed by atoms with Crippen molar-refractivity contribution >= 4 is 15.9 Å². The molecule has 0 unspecified atom stereocenters. The first-order chi connectivity index (χ1) is 9.95. The van der Waals surface area contributed by atoms with Crippen molar-refractivity contribution in [2.45, 2.75) is 24.9 Å². The van der Waals surface area contributed by atoms with Crippen molar-refractivity contribution in [3.8, 4) is 11.5 Å². The van der Waals surface area contributed by atoms with Gasteiger partial charge >= 0.3 is 6.18 Å². The van der Waals surface area contributed by atoms with Crippen LogP contribution in [0.15, 0.2) is 42.5 Å². The highest BCUT2D eigenvalue weighted by atomic mass is 79.9. The van der Waals surface area contributed by atoms with Crippen molar-refractivity contribution < 1.29 is 17.9 Å². The average Bonchev–Trinajstić information content (AvgIpc) is 2.47. The Labute approximate surface area is 129 Å². The van der Waals surface area contributed by atoms with Crippen LogP contribution in [0.1, 0.15) is 23.6 Å². The fraction of sp³-hybridized carbons (Fsp3) is 0.250. The zero-order valence-corrected chi connectivity index (χ0v) is 13.0. The van der Waals surface area contributed by atoms with Crippen LogP contribution < -0.4 is 4.74 Å². The summed E-state index contributed by atoms with van der Waals surface area (Å²) in [5.74, 6) is 0.771. The molecule has 2 aromatic rings. The summed E-state index contributed by atoms with van der Waals surface area (Å²) in [5, 5.41) is 0.146. The minimum absolute atomic E-state index is 0.146. The fourth-order valence-corrected chi connectivity index (χ4v) is 2.51. The van der Waals surface area contributed by atoms with Crippen molar-refractivity contribution in [1.82, 2.24) is 0 Å². The van der Waals surface area contributed by atoms with E-state index < -0.39 is 11.7 Å². The summed E-state index contributed by atoms with van der Waals surface area (Å²) < 4.78 is 44.7. The van der Waals surface area contributed by atoms with E-state index in [1.807, 2.05) is 19.1 Å². The van der Waals surface area contributed by atoms with E-state index in [1.54, 1.807) is 18.2 Å². The van der Waals surface area contributed by atoms with Gasteiger partial charge in [-0.3, -0.25) is 0 Å². The van der Waals surface area contributed by atoms with E-state index in [4.69, 9.17) is 4.74 Å². The van der Waals surface area contributed by atoms with Gasteiger partial charge in [0.1, 0.15) is 11.5 Å². The molecule has 0 aliphatic carbocycles. The number of hydrogen-bond donors (Lipinski definition) is 0. The van der Waals surface area contributed by atoms with Gasteiger partial charge in [0.15, 0.2) is 0 Å². The minimum atomic E-state index is -4.40. The molecule has 0 heterocycles. The lowest BCUT2D eigenvalue weighted by atomic mass is 10.1. The molecular weight excluding hydrogens is 345 g/mol. The van der Waals surface area contributed by atoms with E-state index >= 15 is 0 Å². The molecule has 0 radical (unpaired) electrons. The van der Waals surface area contributed by atoms with Gasteiger partial charge in [0, 0.05) is 5.33 Å². The molecule has 1 nitrogen and oxygen atoms in total. The first-order valence-electron chi connectivity index (χ1n) is 6.47. The fourth-order valence-electron chi connectivity index (χ4n) is 2.02. The van der Waals surface area contributed by atoms with Crippen LogP contribution in [0, 0.1) is 0 Å². The second-order valence-corrected chi connectivity index (χ2v) is 5.07. The van der Waals surface area contributed by atoms with Crippen LogP contribution in [0.2, 0.25) is 0 Å². The number of hydrogen-bond acceptors (Lipinski definition) is 1. The molecule has 0 aliphatic heterocycles. The Bertz CT molecular complexity index is 623. The highest BCUT2D eigenvalue weighted by molar-refractivity contribution is 9.08. The molecule has 0 saturated carbocycles. The van der Waals surface area contributed by atoms with Crippen molar-refractivity contribution in [3.05, 3.63) is 59.2 Å². The van der Waals surface area contributed by atoms with E-state index in [0.717, 1.165) is 18.1 Å². The van der Waals surface area contributed by atoms with Gasteiger partial charge in [-0.15, -0.1) is 0 Å². The Morgan fingerprint density at radius 1 is 1.05 bits per heavy atom. The SMILES string of the molecule is CCc1ccccc1Oc1ccc(CBr)c(C(F)(F)F)c1. The van der Waals surface area contributed by atoms with Gasteiger partial charge in [0.25, 0.3) is 0 Å². The van der Waals surface area contributed by atoms with Gasteiger partial charge in [-0.05, 0) is 35.7 Å². The number of halogens is 4. The lowest BCUT2D eigenvalue weighted by Crippen LogP contribution is -2.08. The van der Waals surface area contributed by atoms with Crippen LogP contribution in [-0.4, -0.2) is 0 Å². The zero-order valence-electron chi connectivity index (χ0n) is 11.4. The van der Waals surface area contributed by atoms with Crippen molar-refractivity contribution in [1.29, 1.82) is 0 Å². The third-order valence-corrected chi connectivity index (χ3v) is 3.72. The Morgan fingerprint density at radius 2 is 1.76 bits per heavy atom. The van der Waals surface area contributed by atoms with Gasteiger partial charge < -0.3 is 4.74 Å². The molecular formula is C16H14BrF3O. The summed E-state index contributed by atoms with van der Waals surface area (Å²) in [6.45, 7) is 1.97. The zero-order chi connectivity index (χ0) is 15.5. The van der Waals surface area contributed by atoms with Crippen LogP contribution in [0.25, 0.3) is 0 Å². The van der Waals surface area contributed by atoms with E-state index in [2.05, 4.69) is 15.9 Å². The average molecular weight is 359 g/mol. The van der Waals surface area contributed by atoms with Gasteiger partial charge in [-0.25, -0.2) is 0 Å². The highest BCUT2D eigenvalue weighted by Crippen LogP contribution is 2.36. The molecule has 21 heavy (non-hydrogen) atoms. The van der Waals surface area contributed by atoms with Crippen LogP contribution in [0.4, 0.5) is 13.2 Å². The maximum Gasteiger partial charge on any atom is 0.416 e. The lowest BCUT2D eigenvalue weighted by Gasteiger charge is -2.15. The molecule has 5 heteroatoms. The predicted molar refractivity (Wildman–Crippen MR) is 80.0 cm³/mol. The van der Waals surface area contributed by atoms with E-state index in [1.165, 1.54) is 6.07 Å². The number of ether oxygens (including phenoxy) is 1. The largest absolute Gasteiger partial charge is 0.457 e. The number of rotatable bonds is 4. The molecule has 2 aromatic carbocycles. The number of aryl methyl sites for hydroxylation is 1. The smallest absolute Gasteiger partial charge is 0.416 e. The molecule has 0 amide bonds. The van der Waals surface area contributed by atoms with Crippen LogP contribution >= 0.6 is 15.9 Å². The lowest BCUT2D eigenvalue weighted by molar-refractivity contribution is -0.138. The van der Waals surface area contributed by atoms with Gasteiger partial charge in [-0.1, -0.05) is 47.1 Å². The molecule has 0 atom stereocenters. The maximum absolute atomic E-state index is 13.0. The van der Waals surface area contributed by atoms with Crippen molar-refractivity contribution in [2.24, 2.45) is 0 Å². The van der Waals surface area contributed by atoms with Crippen LogP contribution in [-0.2, 0) is 17.9 Å². The molecule has 0 bridgehead atoms. The Balaban J connectivity index is 2.37. The monoisotopic (exact) mass is 358 g/mol. The standard InChI is InChI=1S/C16H14BrF3O/c1-2-11-5-3-4-6-15(11)21-13-8-7-12(10-17)14(9-13)16(18,19)20/h3-9H,2,10H2,1H3. The Morgan fingerprint density at radius 3 is 2.38 bits per heavy atom. The summed E-state index contributed by atoms with van der Waals surface area (Å²) in [6, 6.07) is 11.4. The molecule has 0 fully saturated rings. The van der Waals surface area contributed by atoms with Crippen LogP contribution in [0.5, 0.6) is 11.5 Å². The molecule has 0 aromatic heterocycles. The van der Waals surface area contributed by atoms with Crippen LogP contribution in [0.3, 0.4) is 0 Å². The third-order valence-electron chi connectivity index (χ3n) is 3.11. The topological polar surface area (TPSA) is 9.23 Å². The van der Waals surface area contributed by atoms with Gasteiger partial charge in [0.05, 0.1) is 5.56 Å². The first kappa shape index (κ1) is 15.9. The summed E-state index contributed by atoms with van der Waals surface area (Å²) in [7, 11) is 0. The Kier molecular flexibility index (Phi) is 4.93. The van der Waals surface area contributed by atoms with Gasteiger partial charge in [-0.2, -0.15) is 13.2 Å². The second kappa shape index (κ2) is 6.52. The molecule has 0 spiro atoms. The molecule has 0 saturated heterocycles. The van der Waals surface area contributed by atoms with E-state index in [0.29, 0.717) is 5.75 Å². The maximum atomic E-state index is 13.0. The predicted octanol–water partition coefficient (Wildman–Crippen LogP) is 5.96. The van der Waals surface area contributed by atoms with E-state index in [9.17, 15) is 13.2 Å². The quantitative estimate of drug-likeness (QED) is 0.613. The van der Waals surface area contributed by atoms with E-state index in [-0.39, 0.29) is 16.6 Å². The Hall–Kier alpha value is -1.49. The highest BCUT2D eigenvalue weighted by Gasteiger charge is 2.33. The van der Waals surface area contributed by atoms with Crippen molar-refractivity contribution in [3.63, 3.8) is 0 Å². The minimum Gasteiger partial charge on any atom is -0.457 e. The third kappa shape index (κ3) is 3.79. The molecule has 0 aliphatic rings. The van der Waals surface area contributed by atoms with Crippen molar-refractivity contribution in [2.75, 3.05) is 0 Å². The molecule has 112 valence electrons. The van der Waals surface area contributed by atoms with Gasteiger partial charge in [0.2, 0.25) is 0 Å². The molecule has 2 rings (SSSR count). The molecule has 0 N–H and O–H groups in total. The summed E-state index contributed by atoms with van der Waals surface area (Å²) >= 11 is 3.07. The number of benzene rings is 2.